The van der Waals surface area contributed by atoms with Gasteiger partial charge in [0.15, 0.2) is 11.3 Å². The van der Waals surface area contributed by atoms with Gasteiger partial charge in [0.25, 0.3) is 10.0 Å². The highest BCUT2D eigenvalue weighted by Crippen LogP contribution is 2.30. The molecule has 0 amide bonds. The fraction of sp³-hybridized carbons (Fsp3) is 0.818. The van der Waals surface area contributed by atoms with E-state index in [-0.39, 0.29) is 11.1 Å². The van der Waals surface area contributed by atoms with Crippen LogP contribution in [0.5, 0.6) is 0 Å². The molecule has 8 nitrogen and oxygen atoms in total. The Morgan fingerprint density at radius 1 is 1.40 bits per heavy atom. The van der Waals surface area contributed by atoms with Gasteiger partial charge < -0.3 is 9.47 Å². The summed E-state index contributed by atoms with van der Waals surface area (Å²) >= 11 is 0. The summed E-state index contributed by atoms with van der Waals surface area (Å²) in [7, 11) is -3.61. The van der Waals surface area contributed by atoms with Crippen molar-refractivity contribution in [2.75, 3.05) is 19.8 Å². The number of nitrogens with zero attached hydrogens (tertiary/aromatic N) is 4. The number of aryl methyl sites for hydroxylation is 1. The predicted octanol–water partition coefficient (Wildman–Crippen LogP) is -0.176. The highest BCUT2D eigenvalue weighted by atomic mass is 32.2. The molecule has 2 aliphatic heterocycles. The second kappa shape index (κ2) is 5.40. The molecule has 1 aromatic rings. The SMILES string of the molecule is CCn1nncc1S(=O)(=O)N1CCCC1C1OCCO1. The fourth-order valence-corrected chi connectivity index (χ4v) is 4.51. The molecule has 2 aliphatic rings. The van der Waals surface area contributed by atoms with Crippen LogP contribution in [0.25, 0.3) is 0 Å². The van der Waals surface area contributed by atoms with E-state index in [4.69, 9.17) is 9.47 Å². The molecule has 0 N–H and O–H groups in total. The number of ether oxygens (including phenoxy) is 2. The zero-order valence-electron chi connectivity index (χ0n) is 11.3. The molecule has 2 fully saturated rings. The lowest BCUT2D eigenvalue weighted by Gasteiger charge is -2.27. The number of hydrogen-bond acceptors (Lipinski definition) is 6. The van der Waals surface area contributed by atoms with E-state index in [1.807, 2.05) is 6.92 Å². The van der Waals surface area contributed by atoms with Gasteiger partial charge in [-0.3, -0.25) is 0 Å². The lowest BCUT2D eigenvalue weighted by molar-refractivity contribution is -0.0769. The van der Waals surface area contributed by atoms with E-state index in [9.17, 15) is 8.42 Å². The largest absolute Gasteiger partial charge is 0.349 e. The summed E-state index contributed by atoms with van der Waals surface area (Å²) in [5.74, 6) is 0. The van der Waals surface area contributed by atoms with Crippen molar-refractivity contribution in [3.8, 4) is 0 Å². The number of sulfonamides is 1. The molecule has 0 aliphatic carbocycles. The van der Waals surface area contributed by atoms with Crippen LogP contribution in [0.2, 0.25) is 0 Å². The maximum Gasteiger partial charge on any atom is 0.262 e. The zero-order valence-corrected chi connectivity index (χ0v) is 12.1. The van der Waals surface area contributed by atoms with Crippen LogP contribution in [0.4, 0.5) is 0 Å². The van der Waals surface area contributed by atoms with Crippen molar-refractivity contribution in [2.45, 2.75) is 43.7 Å². The highest BCUT2D eigenvalue weighted by Gasteiger charge is 2.43. The summed E-state index contributed by atoms with van der Waals surface area (Å²) in [5.41, 5.74) is 0. The molecule has 2 saturated heterocycles. The Balaban J connectivity index is 1.90. The first kappa shape index (κ1) is 13.9. The third-order valence-corrected chi connectivity index (χ3v) is 5.58. The smallest absolute Gasteiger partial charge is 0.262 e. The van der Waals surface area contributed by atoms with Gasteiger partial charge in [-0.15, -0.1) is 5.10 Å². The normalized spacial score (nSPS) is 25.6. The molecule has 0 spiro atoms. The molecule has 1 unspecified atom stereocenters. The minimum atomic E-state index is -3.61. The van der Waals surface area contributed by atoms with Crippen LogP contribution in [0.15, 0.2) is 11.2 Å². The molecule has 0 saturated carbocycles. The monoisotopic (exact) mass is 302 g/mol. The summed E-state index contributed by atoms with van der Waals surface area (Å²) in [5, 5.41) is 7.62. The predicted molar refractivity (Wildman–Crippen MR) is 68.3 cm³/mol. The Morgan fingerprint density at radius 3 is 2.85 bits per heavy atom. The fourth-order valence-electron chi connectivity index (χ4n) is 2.72. The van der Waals surface area contributed by atoms with Crippen LogP contribution in [0.3, 0.4) is 0 Å². The number of rotatable bonds is 4. The van der Waals surface area contributed by atoms with Gasteiger partial charge >= 0.3 is 0 Å². The Labute approximate surface area is 117 Å². The van der Waals surface area contributed by atoms with Crippen molar-refractivity contribution < 1.29 is 17.9 Å². The maximum atomic E-state index is 12.8. The number of hydrogen-bond donors (Lipinski definition) is 0. The average molecular weight is 302 g/mol. The minimum absolute atomic E-state index is 0.130. The first-order valence-electron chi connectivity index (χ1n) is 6.78. The van der Waals surface area contributed by atoms with E-state index in [0.29, 0.717) is 26.3 Å². The molecular formula is C11H18N4O4S. The molecular weight excluding hydrogens is 284 g/mol. The molecule has 1 atom stereocenters. The highest BCUT2D eigenvalue weighted by molar-refractivity contribution is 7.89. The van der Waals surface area contributed by atoms with Gasteiger partial charge in [0, 0.05) is 13.1 Å². The lowest BCUT2D eigenvalue weighted by Crippen LogP contribution is -2.43. The Kier molecular flexibility index (Phi) is 3.76. The Hall–Kier alpha value is -1.03. The quantitative estimate of drug-likeness (QED) is 0.767. The van der Waals surface area contributed by atoms with Crippen molar-refractivity contribution >= 4 is 10.0 Å². The van der Waals surface area contributed by atoms with Gasteiger partial charge in [-0.05, 0) is 19.8 Å². The van der Waals surface area contributed by atoms with Crippen LogP contribution in [0.1, 0.15) is 19.8 Å². The van der Waals surface area contributed by atoms with Crippen LogP contribution in [0, 0.1) is 0 Å². The van der Waals surface area contributed by atoms with Gasteiger partial charge in [-0.2, -0.15) is 4.31 Å². The van der Waals surface area contributed by atoms with Crippen molar-refractivity contribution in [1.82, 2.24) is 19.3 Å². The molecule has 0 aromatic carbocycles. The van der Waals surface area contributed by atoms with E-state index < -0.39 is 16.3 Å². The van der Waals surface area contributed by atoms with E-state index >= 15 is 0 Å². The van der Waals surface area contributed by atoms with Gasteiger partial charge in [0.2, 0.25) is 0 Å². The summed E-state index contributed by atoms with van der Waals surface area (Å²) in [6.45, 7) is 3.81. The first-order chi connectivity index (χ1) is 9.64. The third kappa shape index (κ3) is 2.24. The van der Waals surface area contributed by atoms with E-state index in [1.54, 1.807) is 0 Å². The molecule has 3 heterocycles. The van der Waals surface area contributed by atoms with Gasteiger partial charge in [-0.1, -0.05) is 5.21 Å². The standard InChI is InChI=1S/C11H18N4O4S/c1-2-14-10(8-12-13-14)20(16,17)15-5-3-4-9(15)11-18-6-7-19-11/h8-9,11H,2-7H2,1H3. The number of aromatic nitrogens is 3. The molecule has 3 rings (SSSR count). The van der Waals surface area contributed by atoms with Crippen molar-refractivity contribution in [3.63, 3.8) is 0 Å². The van der Waals surface area contributed by atoms with E-state index in [1.165, 1.54) is 15.2 Å². The summed E-state index contributed by atoms with van der Waals surface area (Å²) in [6, 6.07) is -0.261. The van der Waals surface area contributed by atoms with Crippen LogP contribution in [-0.4, -0.2) is 59.8 Å². The Bertz CT molecular complexity index is 567. The van der Waals surface area contributed by atoms with Crippen LogP contribution >= 0.6 is 0 Å². The molecule has 9 heteroatoms. The summed E-state index contributed by atoms with van der Waals surface area (Å²) in [6.07, 6.45) is 2.39. The van der Waals surface area contributed by atoms with Crippen molar-refractivity contribution in [2.24, 2.45) is 0 Å². The first-order valence-corrected chi connectivity index (χ1v) is 8.22. The average Bonchev–Trinajstić information content (AvgIpc) is 3.17. The van der Waals surface area contributed by atoms with Crippen LogP contribution in [-0.2, 0) is 26.0 Å². The van der Waals surface area contributed by atoms with Gasteiger partial charge in [0.1, 0.15) is 0 Å². The van der Waals surface area contributed by atoms with Crippen molar-refractivity contribution in [3.05, 3.63) is 6.20 Å². The molecule has 0 radical (unpaired) electrons. The van der Waals surface area contributed by atoms with Crippen molar-refractivity contribution in [1.29, 1.82) is 0 Å². The topological polar surface area (TPSA) is 86.5 Å². The molecule has 0 bridgehead atoms. The Morgan fingerprint density at radius 2 is 2.15 bits per heavy atom. The lowest BCUT2D eigenvalue weighted by atomic mass is 10.2. The zero-order chi connectivity index (χ0) is 14.2. The second-order valence-electron chi connectivity index (χ2n) is 4.82. The molecule has 112 valence electrons. The molecule has 1 aromatic heterocycles. The summed E-state index contributed by atoms with van der Waals surface area (Å²) in [4.78, 5) is 0. The van der Waals surface area contributed by atoms with E-state index in [0.717, 1.165) is 12.8 Å². The maximum absolute atomic E-state index is 12.8. The van der Waals surface area contributed by atoms with Gasteiger partial charge in [0.05, 0.1) is 25.5 Å². The van der Waals surface area contributed by atoms with E-state index in [2.05, 4.69) is 10.3 Å². The van der Waals surface area contributed by atoms with Crippen LogP contribution < -0.4 is 0 Å². The van der Waals surface area contributed by atoms with Gasteiger partial charge in [-0.25, -0.2) is 13.1 Å². The summed E-state index contributed by atoms with van der Waals surface area (Å²) < 4.78 is 39.3. The second-order valence-corrected chi connectivity index (χ2v) is 6.66. The minimum Gasteiger partial charge on any atom is -0.349 e. The molecule has 20 heavy (non-hydrogen) atoms. The third-order valence-electron chi connectivity index (χ3n) is 3.66.